The lowest BCUT2D eigenvalue weighted by Gasteiger charge is -2.36. The van der Waals surface area contributed by atoms with Gasteiger partial charge in [-0.05, 0) is 84.2 Å². The summed E-state index contributed by atoms with van der Waals surface area (Å²) < 4.78 is 5.57. The van der Waals surface area contributed by atoms with E-state index in [0.717, 1.165) is 66.0 Å². The van der Waals surface area contributed by atoms with E-state index in [9.17, 15) is 9.59 Å². The molecule has 3 N–H and O–H groups in total. The van der Waals surface area contributed by atoms with Crippen molar-refractivity contribution >= 4 is 46.1 Å². The molecule has 0 atom stereocenters. The quantitative estimate of drug-likeness (QED) is 0.217. The molecule has 2 amide bonds. The van der Waals surface area contributed by atoms with E-state index in [2.05, 4.69) is 45.5 Å². The van der Waals surface area contributed by atoms with E-state index in [0.29, 0.717) is 36.2 Å². The van der Waals surface area contributed by atoms with Crippen LogP contribution in [0.2, 0.25) is 5.15 Å². The molecule has 1 aliphatic heterocycles. The van der Waals surface area contributed by atoms with Gasteiger partial charge >= 0.3 is 0 Å². The molecule has 2 aromatic heterocycles. The number of rotatable bonds is 8. The molecule has 2 fully saturated rings. The SMILES string of the molecule is NC1CCC(N(Cc2cccc(-c3ccc(N4CCOCC4)c(NC(=O)c4ccc(Cl)nc4)c3)c2)C(=O)c2cccs2)CC1. The molecule has 0 unspecified atom stereocenters. The normalized spacial score (nSPS) is 18.5. The highest BCUT2D eigenvalue weighted by Crippen LogP contribution is 2.34. The summed E-state index contributed by atoms with van der Waals surface area (Å²) in [6.07, 6.45) is 5.15. The van der Waals surface area contributed by atoms with Gasteiger partial charge in [0.25, 0.3) is 11.8 Å². The molecule has 228 valence electrons. The molecule has 0 bridgehead atoms. The van der Waals surface area contributed by atoms with Gasteiger partial charge in [0.15, 0.2) is 0 Å². The average molecular weight is 630 g/mol. The molecule has 44 heavy (non-hydrogen) atoms. The summed E-state index contributed by atoms with van der Waals surface area (Å²) in [7, 11) is 0. The summed E-state index contributed by atoms with van der Waals surface area (Å²) in [5.41, 5.74) is 11.3. The molecule has 3 heterocycles. The third kappa shape index (κ3) is 7.13. The zero-order chi connectivity index (χ0) is 30.5. The summed E-state index contributed by atoms with van der Waals surface area (Å²) in [5, 5.41) is 5.39. The highest BCUT2D eigenvalue weighted by molar-refractivity contribution is 7.12. The number of benzene rings is 2. The standard InChI is InChI=1S/C34H36ClN5O3S/c35-32-13-7-26(21-37-32)33(41)38-29-20-25(6-12-30(29)39-14-16-43-17-15-39)24-4-1-3-23(19-24)22-40(28-10-8-27(36)9-11-28)34(42)31-5-2-18-44-31/h1-7,12-13,18-21,27-28H,8-11,14-17,22,36H2,(H,38,41). The smallest absolute Gasteiger partial charge is 0.264 e. The lowest BCUT2D eigenvalue weighted by Crippen LogP contribution is -2.43. The van der Waals surface area contributed by atoms with Crippen LogP contribution >= 0.6 is 22.9 Å². The van der Waals surface area contributed by atoms with Crippen molar-refractivity contribution < 1.29 is 14.3 Å². The molecule has 2 aromatic carbocycles. The van der Waals surface area contributed by atoms with Gasteiger partial charge in [0.05, 0.1) is 35.0 Å². The number of pyridine rings is 1. The molecular weight excluding hydrogens is 594 g/mol. The van der Waals surface area contributed by atoms with Crippen molar-refractivity contribution in [3.63, 3.8) is 0 Å². The van der Waals surface area contributed by atoms with Gasteiger partial charge in [-0.15, -0.1) is 11.3 Å². The molecule has 1 saturated heterocycles. The first-order valence-corrected chi connectivity index (χ1v) is 16.3. The molecule has 8 nitrogen and oxygen atoms in total. The Kier molecular flexibility index (Phi) is 9.57. The number of hydrogen-bond donors (Lipinski definition) is 2. The predicted molar refractivity (Wildman–Crippen MR) is 177 cm³/mol. The number of halogens is 1. The van der Waals surface area contributed by atoms with Crippen LogP contribution in [0.3, 0.4) is 0 Å². The number of anilines is 2. The zero-order valence-electron chi connectivity index (χ0n) is 24.5. The minimum atomic E-state index is -0.260. The zero-order valence-corrected chi connectivity index (χ0v) is 26.0. The molecule has 2 aliphatic rings. The van der Waals surface area contributed by atoms with Crippen molar-refractivity contribution in [1.29, 1.82) is 0 Å². The van der Waals surface area contributed by atoms with Crippen LogP contribution < -0.4 is 16.0 Å². The summed E-state index contributed by atoms with van der Waals surface area (Å²) in [6.45, 7) is 3.25. The van der Waals surface area contributed by atoms with Crippen LogP contribution in [0.4, 0.5) is 11.4 Å². The van der Waals surface area contributed by atoms with Gasteiger partial charge in [-0.25, -0.2) is 4.98 Å². The number of aromatic nitrogens is 1. The Hall–Kier alpha value is -3.76. The Morgan fingerprint density at radius 1 is 1.00 bits per heavy atom. The minimum Gasteiger partial charge on any atom is -0.378 e. The van der Waals surface area contributed by atoms with E-state index >= 15 is 0 Å². The maximum atomic E-state index is 13.7. The fourth-order valence-electron chi connectivity index (χ4n) is 5.97. The Morgan fingerprint density at radius 2 is 1.80 bits per heavy atom. The first-order valence-electron chi connectivity index (χ1n) is 15.0. The van der Waals surface area contributed by atoms with Crippen molar-refractivity contribution in [3.8, 4) is 11.1 Å². The summed E-state index contributed by atoms with van der Waals surface area (Å²) >= 11 is 7.42. The number of hydrogen-bond acceptors (Lipinski definition) is 7. The van der Waals surface area contributed by atoms with Crippen molar-refractivity contribution in [2.75, 3.05) is 36.5 Å². The van der Waals surface area contributed by atoms with Gasteiger partial charge in [-0.2, -0.15) is 0 Å². The molecule has 0 spiro atoms. The number of ether oxygens (including phenoxy) is 1. The fraction of sp³-hybridized carbons (Fsp3) is 0.324. The van der Waals surface area contributed by atoms with Gasteiger partial charge in [-0.1, -0.05) is 41.9 Å². The third-order valence-corrected chi connectivity index (χ3v) is 9.46. The molecular formula is C34H36ClN5O3S. The Bertz CT molecular complexity index is 1580. The van der Waals surface area contributed by atoms with E-state index in [1.165, 1.54) is 17.5 Å². The second kappa shape index (κ2) is 13.9. The van der Waals surface area contributed by atoms with Crippen molar-refractivity contribution in [1.82, 2.24) is 9.88 Å². The van der Waals surface area contributed by atoms with Crippen LogP contribution in [0.25, 0.3) is 11.1 Å². The lowest BCUT2D eigenvalue weighted by molar-refractivity contribution is 0.0611. The summed E-state index contributed by atoms with van der Waals surface area (Å²) in [6, 6.07) is 21.9. The fourth-order valence-corrected chi connectivity index (χ4v) is 6.76. The number of nitrogens with one attached hydrogen (secondary N) is 1. The number of nitrogens with zero attached hydrogens (tertiary/aromatic N) is 3. The molecule has 1 aliphatic carbocycles. The number of amides is 2. The van der Waals surface area contributed by atoms with Crippen LogP contribution in [0.15, 0.2) is 78.3 Å². The Labute approximate surface area is 266 Å². The second-order valence-corrected chi connectivity index (χ2v) is 12.7. The molecule has 6 rings (SSSR count). The van der Waals surface area contributed by atoms with Crippen LogP contribution in [-0.2, 0) is 11.3 Å². The maximum absolute atomic E-state index is 13.7. The van der Waals surface area contributed by atoms with E-state index in [1.54, 1.807) is 12.1 Å². The highest BCUT2D eigenvalue weighted by Gasteiger charge is 2.29. The van der Waals surface area contributed by atoms with E-state index in [1.807, 2.05) is 34.5 Å². The van der Waals surface area contributed by atoms with Crippen LogP contribution in [0.5, 0.6) is 0 Å². The number of thiophene rings is 1. The largest absolute Gasteiger partial charge is 0.378 e. The third-order valence-electron chi connectivity index (χ3n) is 8.37. The highest BCUT2D eigenvalue weighted by atomic mass is 35.5. The van der Waals surface area contributed by atoms with E-state index in [4.69, 9.17) is 22.1 Å². The molecule has 1 saturated carbocycles. The van der Waals surface area contributed by atoms with Crippen molar-refractivity contribution in [2.45, 2.75) is 44.3 Å². The minimum absolute atomic E-state index is 0.0717. The van der Waals surface area contributed by atoms with E-state index in [-0.39, 0.29) is 23.9 Å². The first-order chi connectivity index (χ1) is 21.4. The molecule has 0 radical (unpaired) electrons. The molecule has 10 heteroatoms. The predicted octanol–water partition coefficient (Wildman–Crippen LogP) is 6.46. The lowest BCUT2D eigenvalue weighted by atomic mass is 9.90. The first kappa shape index (κ1) is 30.3. The summed E-state index contributed by atoms with van der Waals surface area (Å²) in [4.78, 5) is 36.0. The average Bonchev–Trinajstić information content (AvgIpc) is 3.60. The van der Waals surface area contributed by atoms with Crippen molar-refractivity contribution in [2.24, 2.45) is 5.73 Å². The number of morpholine rings is 1. The monoisotopic (exact) mass is 629 g/mol. The van der Waals surface area contributed by atoms with Gasteiger partial charge in [0.1, 0.15) is 5.15 Å². The van der Waals surface area contributed by atoms with Gasteiger partial charge < -0.3 is 25.6 Å². The van der Waals surface area contributed by atoms with Crippen LogP contribution in [0.1, 0.15) is 51.3 Å². The van der Waals surface area contributed by atoms with Crippen LogP contribution in [-0.4, -0.2) is 60.1 Å². The molecule has 4 aromatic rings. The Morgan fingerprint density at radius 3 is 2.52 bits per heavy atom. The topological polar surface area (TPSA) is 101 Å². The van der Waals surface area contributed by atoms with Gasteiger partial charge in [0, 0.05) is 37.9 Å². The number of carbonyl (C=O) groups is 2. The maximum Gasteiger partial charge on any atom is 0.264 e. The number of carbonyl (C=O) groups excluding carboxylic acids is 2. The van der Waals surface area contributed by atoms with Crippen molar-refractivity contribution in [3.05, 3.63) is 99.5 Å². The van der Waals surface area contributed by atoms with E-state index < -0.39 is 0 Å². The van der Waals surface area contributed by atoms with Crippen LogP contribution in [0, 0.1) is 0 Å². The van der Waals surface area contributed by atoms with Gasteiger partial charge in [-0.3, -0.25) is 9.59 Å². The van der Waals surface area contributed by atoms with Gasteiger partial charge in [0.2, 0.25) is 0 Å². The summed E-state index contributed by atoms with van der Waals surface area (Å²) in [5.74, 6) is -0.188. The Balaban J connectivity index is 1.29. The second-order valence-electron chi connectivity index (χ2n) is 11.3. The number of nitrogens with two attached hydrogens (primary N) is 1.